The summed E-state index contributed by atoms with van der Waals surface area (Å²) in [5.74, 6) is 0.0709. The van der Waals surface area contributed by atoms with Crippen molar-refractivity contribution in [3.05, 3.63) is 11.1 Å². The normalized spacial score (nSPS) is 10.3. The van der Waals surface area contributed by atoms with Crippen LogP contribution in [0.3, 0.4) is 0 Å². The van der Waals surface area contributed by atoms with Crippen molar-refractivity contribution in [2.75, 3.05) is 31.7 Å². The first-order chi connectivity index (χ1) is 7.19. The second-order valence-electron chi connectivity index (χ2n) is 3.14. The summed E-state index contributed by atoms with van der Waals surface area (Å²) < 4.78 is 5.02. The molecule has 0 saturated heterocycles. The molecule has 0 radical (unpaired) electrons. The van der Waals surface area contributed by atoms with E-state index in [4.69, 9.17) is 4.74 Å². The Labute approximate surface area is 93.9 Å². The van der Waals surface area contributed by atoms with E-state index in [0.717, 1.165) is 18.2 Å². The maximum absolute atomic E-state index is 11.1. The number of carbonyl (C=O) groups excluding carboxylic acids is 1. The summed E-state index contributed by atoms with van der Waals surface area (Å²) in [6.07, 6.45) is 1.64. The van der Waals surface area contributed by atoms with Crippen LogP contribution in [0.4, 0.5) is 5.13 Å². The zero-order valence-corrected chi connectivity index (χ0v) is 10.1. The number of Topliss-reactive ketones (excluding diaryl/α,β-unsaturated/α-hetero) is 1. The van der Waals surface area contributed by atoms with Gasteiger partial charge in [0.2, 0.25) is 0 Å². The van der Waals surface area contributed by atoms with Gasteiger partial charge in [-0.25, -0.2) is 4.98 Å². The van der Waals surface area contributed by atoms with E-state index in [0.29, 0.717) is 11.5 Å². The number of anilines is 1. The van der Waals surface area contributed by atoms with Gasteiger partial charge in [0, 0.05) is 27.1 Å². The first kappa shape index (κ1) is 12.1. The molecule has 15 heavy (non-hydrogen) atoms. The van der Waals surface area contributed by atoms with E-state index >= 15 is 0 Å². The predicted molar refractivity (Wildman–Crippen MR) is 61.9 cm³/mol. The summed E-state index contributed by atoms with van der Waals surface area (Å²) in [7, 11) is 1.68. The van der Waals surface area contributed by atoms with Crippen LogP contribution >= 0.6 is 11.3 Å². The highest BCUT2D eigenvalue weighted by molar-refractivity contribution is 7.17. The average molecular weight is 228 g/mol. The van der Waals surface area contributed by atoms with Gasteiger partial charge >= 0.3 is 0 Å². The minimum atomic E-state index is 0.0709. The Hall–Kier alpha value is -0.940. The van der Waals surface area contributed by atoms with Gasteiger partial charge in [0.15, 0.2) is 10.9 Å². The van der Waals surface area contributed by atoms with Crippen molar-refractivity contribution in [3.8, 4) is 0 Å². The molecule has 0 aliphatic heterocycles. The van der Waals surface area contributed by atoms with Crippen molar-refractivity contribution < 1.29 is 9.53 Å². The fourth-order valence-corrected chi connectivity index (χ4v) is 2.07. The van der Waals surface area contributed by atoms with Crippen LogP contribution in [-0.2, 0) is 4.74 Å². The number of carbonyl (C=O) groups is 1. The fraction of sp³-hybridized carbons (Fsp3) is 0.600. The van der Waals surface area contributed by atoms with Crippen LogP contribution in [0.2, 0.25) is 0 Å². The summed E-state index contributed by atoms with van der Waals surface area (Å²) in [4.78, 5) is 18.1. The molecule has 84 valence electrons. The Morgan fingerprint density at radius 3 is 2.87 bits per heavy atom. The molecule has 0 unspecified atom stereocenters. The third kappa shape index (κ3) is 3.28. The first-order valence-corrected chi connectivity index (χ1v) is 5.71. The molecule has 0 amide bonds. The third-order valence-corrected chi connectivity index (χ3v) is 3.22. The smallest absolute Gasteiger partial charge is 0.186 e. The summed E-state index contributed by atoms with van der Waals surface area (Å²) in [6.45, 7) is 5.96. The van der Waals surface area contributed by atoms with Crippen molar-refractivity contribution in [1.29, 1.82) is 0 Å². The van der Waals surface area contributed by atoms with Crippen LogP contribution in [0.15, 0.2) is 6.20 Å². The van der Waals surface area contributed by atoms with E-state index in [9.17, 15) is 4.79 Å². The molecule has 0 atom stereocenters. The molecule has 1 heterocycles. The molecule has 1 rings (SSSR count). The van der Waals surface area contributed by atoms with Gasteiger partial charge in [-0.2, -0.15) is 0 Å². The number of methoxy groups -OCH3 is 1. The molecule has 0 aliphatic rings. The van der Waals surface area contributed by atoms with Gasteiger partial charge in [-0.05, 0) is 6.92 Å². The van der Waals surface area contributed by atoms with E-state index in [1.54, 1.807) is 20.2 Å². The number of hydrogen-bond acceptors (Lipinski definition) is 5. The lowest BCUT2D eigenvalue weighted by Crippen LogP contribution is -2.26. The number of rotatable bonds is 6. The maximum Gasteiger partial charge on any atom is 0.186 e. The fourth-order valence-electron chi connectivity index (χ4n) is 1.16. The van der Waals surface area contributed by atoms with Gasteiger partial charge in [0.1, 0.15) is 0 Å². The number of likely N-dealkylation sites (N-methyl/N-ethyl adjacent to an activating group) is 1. The van der Waals surface area contributed by atoms with Crippen molar-refractivity contribution in [3.63, 3.8) is 0 Å². The van der Waals surface area contributed by atoms with E-state index in [2.05, 4.69) is 16.8 Å². The molecule has 0 fully saturated rings. The van der Waals surface area contributed by atoms with Gasteiger partial charge in [0.05, 0.1) is 17.7 Å². The molecule has 1 aromatic heterocycles. The Morgan fingerprint density at radius 2 is 2.40 bits per heavy atom. The number of ether oxygens (including phenoxy) is 1. The van der Waals surface area contributed by atoms with Crippen molar-refractivity contribution >= 4 is 22.3 Å². The largest absolute Gasteiger partial charge is 0.383 e. The summed E-state index contributed by atoms with van der Waals surface area (Å²) in [6, 6.07) is 0. The van der Waals surface area contributed by atoms with Crippen LogP contribution in [0.1, 0.15) is 23.5 Å². The Kier molecular flexibility index (Phi) is 4.71. The Bertz CT molecular complexity index is 325. The van der Waals surface area contributed by atoms with E-state index < -0.39 is 0 Å². The zero-order chi connectivity index (χ0) is 11.3. The second-order valence-corrected chi connectivity index (χ2v) is 4.14. The minimum Gasteiger partial charge on any atom is -0.383 e. The van der Waals surface area contributed by atoms with E-state index in [1.165, 1.54) is 11.3 Å². The predicted octanol–water partition coefficient (Wildman–Crippen LogP) is 1.82. The van der Waals surface area contributed by atoms with Crippen LogP contribution in [0.5, 0.6) is 0 Å². The SMILES string of the molecule is CCN(CCOC)c1ncc(C(C)=O)s1. The summed E-state index contributed by atoms with van der Waals surface area (Å²) in [5.41, 5.74) is 0. The first-order valence-electron chi connectivity index (χ1n) is 4.89. The van der Waals surface area contributed by atoms with Gasteiger partial charge in [-0.15, -0.1) is 0 Å². The van der Waals surface area contributed by atoms with Gasteiger partial charge in [-0.3, -0.25) is 4.79 Å². The highest BCUT2D eigenvalue weighted by Crippen LogP contribution is 2.22. The van der Waals surface area contributed by atoms with Gasteiger partial charge < -0.3 is 9.64 Å². The minimum absolute atomic E-state index is 0.0709. The van der Waals surface area contributed by atoms with Crippen LogP contribution in [0.25, 0.3) is 0 Å². The molecule has 4 nitrogen and oxygen atoms in total. The van der Waals surface area contributed by atoms with Crippen LogP contribution in [-0.4, -0.2) is 37.6 Å². The average Bonchev–Trinajstić information content (AvgIpc) is 2.68. The quantitative estimate of drug-likeness (QED) is 0.696. The highest BCUT2D eigenvalue weighted by Gasteiger charge is 2.11. The number of aromatic nitrogens is 1. The molecular weight excluding hydrogens is 212 g/mol. The topological polar surface area (TPSA) is 42.4 Å². The number of hydrogen-bond donors (Lipinski definition) is 0. The lowest BCUT2D eigenvalue weighted by atomic mass is 10.4. The number of ketones is 1. The zero-order valence-electron chi connectivity index (χ0n) is 9.32. The second kappa shape index (κ2) is 5.82. The van der Waals surface area contributed by atoms with E-state index in [1.807, 2.05) is 0 Å². The maximum atomic E-state index is 11.1. The molecule has 0 aliphatic carbocycles. The monoisotopic (exact) mass is 228 g/mol. The third-order valence-electron chi connectivity index (χ3n) is 2.06. The molecule has 0 saturated carbocycles. The number of nitrogens with zero attached hydrogens (tertiary/aromatic N) is 2. The number of thiazole rings is 1. The van der Waals surface area contributed by atoms with Gasteiger partial charge in [0.25, 0.3) is 0 Å². The molecule has 1 aromatic rings. The van der Waals surface area contributed by atoms with Crippen molar-refractivity contribution in [1.82, 2.24) is 4.98 Å². The van der Waals surface area contributed by atoms with Crippen LogP contribution < -0.4 is 4.90 Å². The van der Waals surface area contributed by atoms with Crippen molar-refractivity contribution in [2.45, 2.75) is 13.8 Å². The lowest BCUT2D eigenvalue weighted by Gasteiger charge is -2.18. The summed E-state index contributed by atoms with van der Waals surface area (Å²) in [5, 5.41) is 0.889. The standard InChI is InChI=1S/C10H16N2O2S/c1-4-12(5-6-14-3)10-11-7-9(15-10)8(2)13/h7H,4-6H2,1-3H3. The molecule has 0 bridgehead atoms. The molecular formula is C10H16N2O2S. The highest BCUT2D eigenvalue weighted by atomic mass is 32.1. The van der Waals surface area contributed by atoms with E-state index in [-0.39, 0.29) is 5.78 Å². The van der Waals surface area contributed by atoms with Crippen molar-refractivity contribution in [2.24, 2.45) is 0 Å². The molecule has 0 aromatic carbocycles. The van der Waals surface area contributed by atoms with Crippen LogP contribution in [0, 0.1) is 0 Å². The Balaban J connectivity index is 2.69. The molecule has 0 spiro atoms. The Morgan fingerprint density at radius 1 is 1.67 bits per heavy atom. The molecule has 5 heteroatoms. The van der Waals surface area contributed by atoms with Gasteiger partial charge in [-0.1, -0.05) is 11.3 Å². The lowest BCUT2D eigenvalue weighted by molar-refractivity contribution is 0.102. The summed E-state index contributed by atoms with van der Waals surface area (Å²) >= 11 is 1.43. The molecule has 0 N–H and O–H groups in total.